The van der Waals surface area contributed by atoms with Crippen LogP contribution in [-0.4, -0.2) is 9.78 Å². The SMILES string of the molecule is CCCn1nc(C)c(N)c1Oc1ccc(Cl)c(CC)c1. The predicted octanol–water partition coefficient (Wildman–Crippen LogP) is 4.19. The fourth-order valence-electron chi connectivity index (χ4n) is 2.04. The number of anilines is 1. The number of hydrogen-bond acceptors (Lipinski definition) is 3. The highest BCUT2D eigenvalue weighted by Gasteiger charge is 2.14. The lowest BCUT2D eigenvalue weighted by atomic mass is 10.1. The Labute approximate surface area is 124 Å². The Morgan fingerprint density at radius 1 is 1.35 bits per heavy atom. The van der Waals surface area contributed by atoms with Crippen LogP contribution in [0.5, 0.6) is 11.6 Å². The second-order valence-electron chi connectivity index (χ2n) is 4.74. The number of benzene rings is 1. The number of halogens is 1. The van der Waals surface area contributed by atoms with E-state index in [1.165, 1.54) is 0 Å². The predicted molar refractivity (Wildman–Crippen MR) is 82.6 cm³/mol. The molecular weight excluding hydrogens is 274 g/mol. The maximum Gasteiger partial charge on any atom is 0.241 e. The first-order valence-corrected chi connectivity index (χ1v) is 7.23. The summed E-state index contributed by atoms with van der Waals surface area (Å²) in [4.78, 5) is 0. The maximum atomic E-state index is 6.12. The highest BCUT2D eigenvalue weighted by Crippen LogP contribution is 2.32. The summed E-state index contributed by atoms with van der Waals surface area (Å²) in [6.45, 7) is 6.81. The Morgan fingerprint density at radius 3 is 2.75 bits per heavy atom. The summed E-state index contributed by atoms with van der Waals surface area (Å²) in [5, 5.41) is 5.15. The monoisotopic (exact) mass is 293 g/mol. The molecule has 2 rings (SSSR count). The van der Waals surface area contributed by atoms with Crippen molar-refractivity contribution in [3.05, 3.63) is 34.5 Å². The molecule has 0 aliphatic heterocycles. The molecule has 0 spiro atoms. The summed E-state index contributed by atoms with van der Waals surface area (Å²) in [6.07, 6.45) is 1.83. The molecule has 1 aromatic carbocycles. The third kappa shape index (κ3) is 2.90. The molecule has 0 atom stereocenters. The average Bonchev–Trinajstić information content (AvgIpc) is 2.69. The smallest absolute Gasteiger partial charge is 0.241 e. The lowest BCUT2D eigenvalue weighted by Gasteiger charge is -2.10. The van der Waals surface area contributed by atoms with Crippen LogP contribution >= 0.6 is 11.6 Å². The van der Waals surface area contributed by atoms with Crippen molar-refractivity contribution in [1.29, 1.82) is 0 Å². The number of ether oxygens (including phenoxy) is 1. The van der Waals surface area contributed by atoms with Gasteiger partial charge in [0.15, 0.2) is 0 Å². The number of aromatic nitrogens is 2. The fourth-order valence-corrected chi connectivity index (χ4v) is 2.29. The summed E-state index contributed by atoms with van der Waals surface area (Å²) in [5.74, 6) is 1.34. The molecule has 1 heterocycles. The summed E-state index contributed by atoms with van der Waals surface area (Å²) in [7, 11) is 0. The lowest BCUT2D eigenvalue weighted by Crippen LogP contribution is -2.02. The number of nitrogen functional groups attached to an aromatic ring is 1. The van der Waals surface area contributed by atoms with Gasteiger partial charge in [0.2, 0.25) is 5.88 Å². The van der Waals surface area contributed by atoms with E-state index in [2.05, 4.69) is 18.9 Å². The average molecular weight is 294 g/mol. The van der Waals surface area contributed by atoms with Gasteiger partial charge in [0, 0.05) is 11.6 Å². The lowest BCUT2D eigenvalue weighted by molar-refractivity contribution is 0.410. The minimum Gasteiger partial charge on any atom is -0.437 e. The second-order valence-corrected chi connectivity index (χ2v) is 5.14. The zero-order valence-corrected chi connectivity index (χ0v) is 12.9. The number of aryl methyl sites for hydroxylation is 3. The standard InChI is InChI=1S/C15H20ClN3O/c1-4-8-19-15(14(17)10(3)18-19)20-12-6-7-13(16)11(5-2)9-12/h6-7,9H,4-5,8,17H2,1-3H3. The van der Waals surface area contributed by atoms with Gasteiger partial charge in [-0.05, 0) is 43.5 Å². The van der Waals surface area contributed by atoms with Crippen molar-refractivity contribution in [3.8, 4) is 11.6 Å². The van der Waals surface area contributed by atoms with E-state index in [4.69, 9.17) is 22.1 Å². The van der Waals surface area contributed by atoms with Gasteiger partial charge in [0.05, 0.1) is 5.69 Å². The summed E-state index contributed by atoms with van der Waals surface area (Å²) in [6, 6.07) is 5.64. The quantitative estimate of drug-likeness (QED) is 0.899. The molecule has 0 saturated heterocycles. The molecule has 0 aliphatic rings. The van der Waals surface area contributed by atoms with Crippen LogP contribution in [0.1, 0.15) is 31.5 Å². The van der Waals surface area contributed by atoms with Crippen LogP contribution < -0.4 is 10.5 Å². The van der Waals surface area contributed by atoms with Crippen molar-refractivity contribution in [1.82, 2.24) is 9.78 Å². The molecule has 0 aliphatic carbocycles. The Hall–Kier alpha value is -1.68. The summed E-state index contributed by atoms with van der Waals surface area (Å²) >= 11 is 6.12. The summed E-state index contributed by atoms with van der Waals surface area (Å²) < 4.78 is 7.74. The molecule has 20 heavy (non-hydrogen) atoms. The molecule has 0 fully saturated rings. The van der Waals surface area contributed by atoms with Crippen LogP contribution in [0.25, 0.3) is 0 Å². The van der Waals surface area contributed by atoms with E-state index in [1.54, 1.807) is 0 Å². The van der Waals surface area contributed by atoms with Crippen molar-refractivity contribution >= 4 is 17.3 Å². The van der Waals surface area contributed by atoms with Crippen molar-refractivity contribution in [2.75, 3.05) is 5.73 Å². The Kier molecular flexibility index (Phi) is 4.55. The molecule has 2 N–H and O–H groups in total. The molecule has 0 amide bonds. The van der Waals surface area contributed by atoms with E-state index < -0.39 is 0 Å². The van der Waals surface area contributed by atoms with Crippen LogP contribution in [-0.2, 0) is 13.0 Å². The minimum absolute atomic E-state index is 0.589. The minimum atomic E-state index is 0.589. The van der Waals surface area contributed by atoms with Gasteiger partial charge in [-0.2, -0.15) is 5.10 Å². The maximum absolute atomic E-state index is 6.12. The van der Waals surface area contributed by atoms with Gasteiger partial charge in [-0.1, -0.05) is 25.4 Å². The zero-order chi connectivity index (χ0) is 14.7. The van der Waals surface area contributed by atoms with Gasteiger partial charge in [-0.15, -0.1) is 0 Å². The van der Waals surface area contributed by atoms with E-state index >= 15 is 0 Å². The normalized spacial score (nSPS) is 10.8. The van der Waals surface area contributed by atoms with Gasteiger partial charge in [-0.3, -0.25) is 0 Å². The van der Waals surface area contributed by atoms with Gasteiger partial charge in [0.25, 0.3) is 0 Å². The number of nitrogens with two attached hydrogens (primary N) is 1. The van der Waals surface area contributed by atoms with Crippen molar-refractivity contribution in [2.24, 2.45) is 0 Å². The molecule has 0 unspecified atom stereocenters. The first-order chi connectivity index (χ1) is 9.56. The highest BCUT2D eigenvalue weighted by molar-refractivity contribution is 6.31. The molecule has 1 aromatic heterocycles. The Morgan fingerprint density at radius 2 is 2.10 bits per heavy atom. The van der Waals surface area contributed by atoms with Crippen LogP contribution in [0.15, 0.2) is 18.2 Å². The first-order valence-electron chi connectivity index (χ1n) is 6.86. The fraction of sp³-hybridized carbons (Fsp3) is 0.400. The van der Waals surface area contributed by atoms with E-state index in [-0.39, 0.29) is 0 Å². The van der Waals surface area contributed by atoms with E-state index in [9.17, 15) is 0 Å². The van der Waals surface area contributed by atoms with Crippen LogP contribution in [0, 0.1) is 6.92 Å². The highest BCUT2D eigenvalue weighted by atomic mass is 35.5. The largest absolute Gasteiger partial charge is 0.437 e. The third-order valence-corrected chi connectivity index (χ3v) is 3.54. The summed E-state index contributed by atoms with van der Waals surface area (Å²) in [5.41, 5.74) is 8.48. The molecule has 4 nitrogen and oxygen atoms in total. The Bertz CT molecular complexity index is 607. The van der Waals surface area contributed by atoms with Gasteiger partial charge in [-0.25, -0.2) is 4.68 Å². The molecule has 0 saturated carbocycles. The van der Waals surface area contributed by atoms with Crippen LogP contribution in [0.2, 0.25) is 5.02 Å². The van der Waals surface area contributed by atoms with E-state index in [0.717, 1.165) is 41.4 Å². The van der Waals surface area contributed by atoms with Crippen molar-refractivity contribution in [3.63, 3.8) is 0 Å². The van der Waals surface area contributed by atoms with E-state index in [1.807, 2.05) is 29.8 Å². The molecule has 0 bridgehead atoms. The molecule has 108 valence electrons. The van der Waals surface area contributed by atoms with E-state index in [0.29, 0.717) is 11.6 Å². The molecule has 0 radical (unpaired) electrons. The molecular formula is C15H20ClN3O. The van der Waals surface area contributed by atoms with Gasteiger partial charge < -0.3 is 10.5 Å². The number of nitrogens with zero attached hydrogens (tertiary/aromatic N) is 2. The number of hydrogen-bond donors (Lipinski definition) is 1. The Balaban J connectivity index is 2.34. The number of rotatable bonds is 5. The molecule has 2 aromatic rings. The van der Waals surface area contributed by atoms with Gasteiger partial charge in [0.1, 0.15) is 11.4 Å². The van der Waals surface area contributed by atoms with Gasteiger partial charge >= 0.3 is 0 Å². The van der Waals surface area contributed by atoms with Crippen LogP contribution in [0.4, 0.5) is 5.69 Å². The topological polar surface area (TPSA) is 53.1 Å². The van der Waals surface area contributed by atoms with Crippen molar-refractivity contribution < 1.29 is 4.74 Å². The van der Waals surface area contributed by atoms with Crippen LogP contribution in [0.3, 0.4) is 0 Å². The first kappa shape index (κ1) is 14.7. The van der Waals surface area contributed by atoms with Crippen molar-refractivity contribution in [2.45, 2.75) is 40.2 Å². The molecule has 5 heteroatoms. The second kappa shape index (κ2) is 6.18. The third-order valence-electron chi connectivity index (χ3n) is 3.17. The zero-order valence-electron chi connectivity index (χ0n) is 12.1.